The van der Waals surface area contributed by atoms with Crippen LogP contribution in [0, 0.1) is 0 Å². The van der Waals surface area contributed by atoms with E-state index in [4.69, 9.17) is 14.4 Å². The Labute approximate surface area is 207 Å². The molecule has 1 aromatic heterocycles. The third-order valence-electron chi connectivity index (χ3n) is 5.62. The van der Waals surface area contributed by atoms with Gasteiger partial charge in [0.15, 0.2) is 6.17 Å². The van der Waals surface area contributed by atoms with Crippen LogP contribution in [0.4, 0.5) is 0 Å². The summed E-state index contributed by atoms with van der Waals surface area (Å²) in [5.41, 5.74) is 4.67. The number of amidine groups is 2. The summed E-state index contributed by atoms with van der Waals surface area (Å²) in [5.74, 6) is 1.55. The maximum atomic E-state index is 6.11. The monoisotopic (exact) mass is 557 g/mol. The summed E-state index contributed by atoms with van der Waals surface area (Å²) in [5, 5.41) is 5.64. The number of fused-ring (bicyclic) bond motifs is 3. The van der Waals surface area contributed by atoms with Crippen LogP contribution in [0.15, 0.2) is 114 Å². The number of nitrogens with one attached hydrogen (secondary N) is 1. The largest absolute Gasteiger partial charge is 0.456 e. The summed E-state index contributed by atoms with van der Waals surface area (Å²) in [7, 11) is 0. The highest BCUT2D eigenvalue weighted by Crippen LogP contribution is 2.33. The first-order chi connectivity index (χ1) is 16.1. The smallest absolute Gasteiger partial charge is 0.169 e. The lowest BCUT2D eigenvalue weighted by Crippen LogP contribution is -2.36. The fourth-order valence-electron chi connectivity index (χ4n) is 4.08. The maximum absolute atomic E-state index is 6.11. The van der Waals surface area contributed by atoms with Crippen molar-refractivity contribution in [3.05, 3.63) is 117 Å². The minimum atomic E-state index is -0.396. The molecule has 4 nitrogen and oxygen atoms in total. The third kappa shape index (κ3) is 3.90. The van der Waals surface area contributed by atoms with Crippen LogP contribution in [0.1, 0.15) is 22.9 Å². The SMILES string of the molecule is Brc1cc(Br)cc(C2=NC(c3ccc4c(c3)oc3ccccc34)N=C(c3ccccc3)N2)c1. The van der Waals surface area contributed by atoms with Crippen molar-refractivity contribution in [2.24, 2.45) is 9.98 Å². The van der Waals surface area contributed by atoms with Crippen molar-refractivity contribution < 1.29 is 4.42 Å². The summed E-state index contributed by atoms with van der Waals surface area (Å²) in [6.45, 7) is 0. The Balaban J connectivity index is 1.49. The van der Waals surface area contributed by atoms with Crippen LogP contribution in [0.3, 0.4) is 0 Å². The molecule has 1 aliphatic heterocycles. The summed E-state index contributed by atoms with van der Waals surface area (Å²) in [6.07, 6.45) is -0.396. The van der Waals surface area contributed by atoms with E-state index in [0.717, 1.165) is 59.2 Å². The molecule has 0 aliphatic carbocycles. The standard InChI is InChI=1S/C27H17Br2N3O/c28-19-12-18(13-20(29)15-19)27-31-25(16-6-2-1-3-7-16)30-26(32-27)17-10-11-22-21-8-4-5-9-23(21)33-24(22)14-17/h1-15,26H,(H,30,31,32). The zero-order chi connectivity index (χ0) is 22.4. The van der Waals surface area contributed by atoms with E-state index in [2.05, 4.69) is 61.4 Å². The first kappa shape index (κ1) is 20.4. The van der Waals surface area contributed by atoms with Gasteiger partial charge in [-0.25, -0.2) is 9.98 Å². The summed E-state index contributed by atoms with van der Waals surface area (Å²) in [6, 6.07) is 30.5. The number of benzene rings is 4. The topological polar surface area (TPSA) is 49.9 Å². The Morgan fingerprint density at radius 3 is 2.09 bits per heavy atom. The van der Waals surface area contributed by atoms with Gasteiger partial charge in [0, 0.05) is 36.4 Å². The molecular formula is C27H17Br2N3O. The van der Waals surface area contributed by atoms with Crippen molar-refractivity contribution in [3.63, 3.8) is 0 Å². The first-order valence-electron chi connectivity index (χ1n) is 10.5. The third-order valence-corrected chi connectivity index (χ3v) is 6.54. The van der Waals surface area contributed by atoms with Crippen molar-refractivity contribution in [1.82, 2.24) is 5.32 Å². The molecular weight excluding hydrogens is 542 g/mol. The summed E-state index contributed by atoms with van der Waals surface area (Å²) in [4.78, 5) is 9.93. The highest BCUT2D eigenvalue weighted by Gasteiger charge is 2.22. The number of nitrogens with zero attached hydrogens (tertiary/aromatic N) is 2. The Bertz CT molecular complexity index is 1550. The number of aliphatic imine (C=N–C) groups is 2. The van der Waals surface area contributed by atoms with Crippen molar-refractivity contribution in [1.29, 1.82) is 0 Å². The molecule has 0 amide bonds. The predicted molar refractivity (Wildman–Crippen MR) is 141 cm³/mol. The molecule has 0 fully saturated rings. The molecule has 0 saturated carbocycles. The van der Waals surface area contributed by atoms with Gasteiger partial charge in [0.2, 0.25) is 0 Å². The van der Waals surface area contributed by atoms with Crippen LogP contribution in [0.25, 0.3) is 21.9 Å². The van der Waals surface area contributed by atoms with Crippen LogP contribution in [-0.2, 0) is 0 Å². The minimum Gasteiger partial charge on any atom is -0.456 e. The van der Waals surface area contributed by atoms with Gasteiger partial charge in [0.05, 0.1) is 0 Å². The lowest BCUT2D eigenvalue weighted by Gasteiger charge is -2.22. The van der Waals surface area contributed by atoms with E-state index in [9.17, 15) is 0 Å². The molecule has 4 aromatic carbocycles. The Kier molecular flexibility index (Phi) is 5.12. The second-order valence-corrected chi connectivity index (χ2v) is 9.66. The second-order valence-electron chi connectivity index (χ2n) is 7.83. The summed E-state index contributed by atoms with van der Waals surface area (Å²) < 4.78 is 8.06. The van der Waals surface area contributed by atoms with Crippen LogP contribution in [0.2, 0.25) is 0 Å². The van der Waals surface area contributed by atoms with E-state index in [1.165, 1.54) is 0 Å². The van der Waals surface area contributed by atoms with Crippen LogP contribution in [-0.4, -0.2) is 11.7 Å². The average molecular weight is 559 g/mol. The first-order valence-corrected chi connectivity index (χ1v) is 12.1. The molecule has 0 saturated heterocycles. The quantitative estimate of drug-likeness (QED) is 0.248. The van der Waals surface area contributed by atoms with Gasteiger partial charge in [-0.1, -0.05) is 92.5 Å². The molecule has 1 N–H and O–H groups in total. The van der Waals surface area contributed by atoms with Crippen LogP contribution >= 0.6 is 31.9 Å². The van der Waals surface area contributed by atoms with Crippen molar-refractivity contribution in [2.45, 2.75) is 6.17 Å². The molecule has 0 radical (unpaired) electrons. The van der Waals surface area contributed by atoms with E-state index in [1.807, 2.05) is 66.7 Å². The number of rotatable bonds is 3. The van der Waals surface area contributed by atoms with E-state index in [1.54, 1.807) is 0 Å². The van der Waals surface area contributed by atoms with Gasteiger partial charge in [-0.2, -0.15) is 0 Å². The molecule has 5 aromatic rings. The number of halogens is 2. The van der Waals surface area contributed by atoms with Gasteiger partial charge in [-0.3, -0.25) is 0 Å². The van der Waals surface area contributed by atoms with Gasteiger partial charge in [0.25, 0.3) is 0 Å². The van der Waals surface area contributed by atoms with Crippen LogP contribution < -0.4 is 5.32 Å². The number of hydrogen-bond donors (Lipinski definition) is 1. The molecule has 33 heavy (non-hydrogen) atoms. The van der Waals surface area contributed by atoms with Crippen molar-refractivity contribution >= 4 is 65.5 Å². The van der Waals surface area contributed by atoms with Gasteiger partial charge in [-0.05, 0) is 30.3 Å². The van der Waals surface area contributed by atoms with Gasteiger partial charge < -0.3 is 9.73 Å². The Morgan fingerprint density at radius 1 is 0.636 bits per heavy atom. The lowest BCUT2D eigenvalue weighted by atomic mass is 10.1. The molecule has 160 valence electrons. The van der Waals surface area contributed by atoms with Crippen molar-refractivity contribution in [2.75, 3.05) is 0 Å². The lowest BCUT2D eigenvalue weighted by molar-refractivity contribution is 0.665. The fraction of sp³-hybridized carbons (Fsp3) is 0.0370. The zero-order valence-corrected chi connectivity index (χ0v) is 20.5. The minimum absolute atomic E-state index is 0.396. The number of furan rings is 1. The normalized spacial score (nSPS) is 15.9. The molecule has 1 atom stereocenters. The van der Waals surface area contributed by atoms with Gasteiger partial charge in [-0.15, -0.1) is 0 Å². The number of para-hydroxylation sites is 1. The molecule has 1 unspecified atom stereocenters. The molecule has 0 bridgehead atoms. The predicted octanol–water partition coefficient (Wildman–Crippen LogP) is 7.61. The van der Waals surface area contributed by atoms with E-state index in [-0.39, 0.29) is 0 Å². The number of hydrogen-bond acceptors (Lipinski definition) is 4. The van der Waals surface area contributed by atoms with Crippen molar-refractivity contribution in [3.8, 4) is 0 Å². The highest BCUT2D eigenvalue weighted by atomic mass is 79.9. The molecule has 0 spiro atoms. The molecule has 6 heteroatoms. The molecule has 1 aliphatic rings. The van der Waals surface area contributed by atoms with Gasteiger partial charge in [0.1, 0.15) is 22.8 Å². The van der Waals surface area contributed by atoms with E-state index in [0.29, 0.717) is 0 Å². The van der Waals surface area contributed by atoms with Crippen LogP contribution in [0.5, 0.6) is 0 Å². The Hall–Kier alpha value is -3.22. The molecule has 2 heterocycles. The maximum Gasteiger partial charge on any atom is 0.169 e. The average Bonchev–Trinajstić information content (AvgIpc) is 3.21. The van der Waals surface area contributed by atoms with Gasteiger partial charge >= 0.3 is 0 Å². The van der Waals surface area contributed by atoms with E-state index < -0.39 is 6.17 Å². The Morgan fingerprint density at radius 2 is 1.30 bits per heavy atom. The zero-order valence-electron chi connectivity index (χ0n) is 17.3. The fourth-order valence-corrected chi connectivity index (χ4v) is 5.38. The second kappa shape index (κ2) is 8.28. The molecule has 6 rings (SSSR count). The van der Waals surface area contributed by atoms with E-state index >= 15 is 0 Å². The summed E-state index contributed by atoms with van der Waals surface area (Å²) >= 11 is 7.18. The highest BCUT2D eigenvalue weighted by molar-refractivity contribution is 9.11.